The zero-order valence-electron chi connectivity index (χ0n) is 14.3. The summed E-state index contributed by atoms with van der Waals surface area (Å²) in [5.74, 6) is -0.338. The largest absolute Gasteiger partial charge is 0.381 e. The van der Waals surface area contributed by atoms with Gasteiger partial charge in [0, 0.05) is 17.6 Å². The molecule has 0 amide bonds. The van der Waals surface area contributed by atoms with Crippen molar-refractivity contribution in [2.75, 3.05) is 10.0 Å². The zero-order chi connectivity index (χ0) is 18.7. The number of aromatic nitrogens is 1. The van der Waals surface area contributed by atoms with Crippen molar-refractivity contribution in [2.24, 2.45) is 5.92 Å². The Labute approximate surface area is 162 Å². The molecule has 0 saturated heterocycles. The van der Waals surface area contributed by atoms with Gasteiger partial charge < -0.3 is 5.32 Å². The van der Waals surface area contributed by atoms with Crippen molar-refractivity contribution < 1.29 is 12.8 Å². The van der Waals surface area contributed by atoms with E-state index in [0.717, 1.165) is 36.3 Å². The molecule has 1 heterocycles. The molecule has 1 aromatic heterocycles. The number of nitrogens with zero attached hydrogens (tertiary/aromatic N) is 1. The van der Waals surface area contributed by atoms with Crippen LogP contribution in [-0.4, -0.2) is 19.4 Å². The minimum absolute atomic E-state index is 0.142. The van der Waals surface area contributed by atoms with Crippen molar-refractivity contribution in [3.8, 4) is 0 Å². The van der Waals surface area contributed by atoms with Crippen LogP contribution in [0.15, 0.2) is 28.6 Å². The summed E-state index contributed by atoms with van der Waals surface area (Å²) in [4.78, 5) is 3.36. The van der Waals surface area contributed by atoms with Crippen molar-refractivity contribution in [2.45, 2.75) is 50.0 Å². The van der Waals surface area contributed by atoms with Gasteiger partial charge in [-0.25, -0.2) is 17.8 Å². The maximum atomic E-state index is 14.5. The number of nitrogens with one attached hydrogen (secondary N) is 2. The van der Waals surface area contributed by atoms with E-state index >= 15 is 0 Å². The van der Waals surface area contributed by atoms with Gasteiger partial charge in [-0.15, -0.1) is 11.3 Å². The summed E-state index contributed by atoms with van der Waals surface area (Å²) >= 11 is 7.35. The van der Waals surface area contributed by atoms with Gasteiger partial charge in [0.05, 0.1) is 10.7 Å². The zero-order valence-corrected chi connectivity index (χ0v) is 16.7. The van der Waals surface area contributed by atoms with E-state index < -0.39 is 20.7 Å². The van der Waals surface area contributed by atoms with Crippen LogP contribution >= 0.6 is 22.9 Å². The number of sulfonamides is 1. The van der Waals surface area contributed by atoms with Crippen LogP contribution in [0.5, 0.6) is 0 Å². The molecule has 1 aromatic carbocycles. The molecule has 1 aliphatic carbocycles. The molecule has 2 aromatic rings. The van der Waals surface area contributed by atoms with Crippen LogP contribution in [0.3, 0.4) is 0 Å². The molecule has 1 atom stereocenters. The average molecular weight is 418 g/mol. The smallest absolute Gasteiger partial charge is 0.266 e. The highest BCUT2D eigenvalue weighted by atomic mass is 35.5. The van der Waals surface area contributed by atoms with Crippen molar-refractivity contribution >= 4 is 43.8 Å². The van der Waals surface area contributed by atoms with Gasteiger partial charge in [0.25, 0.3) is 10.0 Å². The highest BCUT2D eigenvalue weighted by molar-refractivity contribution is 7.93. The molecule has 0 radical (unpaired) electrons. The fourth-order valence-electron chi connectivity index (χ4n) is 3.29. The molecule has 5 nitrogen and oxygen atoms in total. The Morgan fingerprint density at radius 2 is 2.04 bits per heavy atom. The second-order valence-corrected chi connectivity index (χ2v) is 9.49. The van der Waals surface area contributed by atoms with E-state index in [1.807, 2.05) is 0 Å². The van der Waals surface area contributed by atoms with Crippen molar-refractivity contribution in [3.05, 3.63) is 34.5 Å². The van der Waals surface area contributed by atoms with E-state index in [-0.39, 0.29) is 16.2 Å². The summed E-state index contributed by atoms with van der Waals surface area (Å²) in [5.41, 5.74) is 0.412. The molecular formula is C17H21ClFN3O2S2. The second-order valence-electron chi connectivity index (χ2n) is 6.54. The van der Waals surface area contributed by atoms with E-state index in [4.69, 9.17) is 11.6 Å². The maximum absolute atomic E-state index is 14.5. The van der Waals surface area contributed by atoms with Gasteiger partial charge in [-0.2, -0.15) is 0 Å². The third kappa shape index (κ3) is 4.47. The third-order valence-corrected chi connectivity index (χ3v) is 7.19. The van der Waals surface area contributed by atoms with Crippen LogP contribution < -0.4 is 10.0 Å². The normalized spacial score (nSPS) is 17.0. The highest BCUT2D eigenvalue weighted by Gasteiger charge is 2.24. The second kappa shape index (κ2) is 8.10. The quantitative estimate of drug-likeness (QED) is 0.684. The van der Waals surface area contributed by atoms with Gasteiger partial charge in [-0.05, 0) is 37.8 Å². The molecule has 1 fully saturated rings. The lowest BCUT2D eigenvalue weighted by Gasteiger charge is -2.29. The lowest BCUT2D eigenvalue weighted by Crippen LogP contribution is -2.28. The number of hydrogen-bond donors (Lipinski definition) is 2. The molecule has 142 valence electrons. The Balaban J connectivity index is 1.79. The number of halogens is 2. The summed E-state index contributed by atoms with van der Waals surface area (Å²) < 4.78 is 41.5. The first-order chi connectivity index (χ1) is 12.4. The van der Waals surface area contributed by atoms with Crippen LogP contribution in [0.4, 0.5) is 15.2 Å². The van der Waals surface area contributed by atoms with Crippen molar-refractivity contribution in [3.63, 3.8) is 0 Å². The van der Waals surface area contributed by atoms with E-state index in [2.05, 4.69) is 21.9 Å². The fraction of sp³-hybridized carbons (Fsp3) is 0.471. The third-order valence-electron chi connectivity index (χ3n) is 4.71. The molecule has 1 aliphatic rings. The van der Waals surface area contributed by atoms with Crippen molar-refractivity contribution in [1.82, 2.24) is 4.98 Å². The lowest BCUT2D eigenvalue weighted by atomic mass is 9.84. The minimum Gasteiger partial charge on any atom is -0.381 e. The average Bonchev–Trinajstić information content (AvgIpc) is 3.10. The van der Waals surface area contributed by atoms with E-state index in [1.54, 1.807) is 5.38 Å². The van der Waals surface area contributed by atoms with Crippen LogP contribution in [0, 0.1) is 11.7 Å². The van der Waals surface area contributed by atoms with Gasteiger partial charge >= 0.3 is 0 Å². The molecule has 3 rings (SSSR count). The van der Waals surface area contributed by atoms with E-state index in [1.165, 1.54) is 25.5 Å². The Morgan fingerprint density at radius 3 is 2.69 bits per heavy atom. The SMILES string of the molecule is C[C@H](Nc1cc(F)c(S(=O)(=O)Nc2nccs2)cc1Cl)C1CCCCC1. The van der Waals surface area contributed by atoms with Gasteiger partial charge in [-0.3, -0.25) is 4.72 Å². The molecule has 9 heteroatoms. The molecule has 0 aliphatic heterocycles. The topological polar surface area (TPSA) is 71.1 Å². The molecule has 1 saturated carbocycles. The first kappa shape index (κ1) is 19.4. The number of thiazole rings is 1. The molecular weight excluding hydrogens is 397 g/mol. The number of hydrogen-bond acceptors (Lipinski definition) is 5. The highest BCUT2D eigenvalue weighted by Crippen LogP contribution is 2.33. The summed E-state index contributed by atoms with van der Waals surface area (Å²) in [5, 5.41) is 5.22. The van der Waals surface area contributed by atoms with Gasteiger partial charge in [0.2, 0.25) is 0 Å². The monoisotopic (exact) mass is 417 g/mol. The molecule has 0 unspecified atom stereocenters. The Hall–Kier alpha value is -1.38. The Bertz CT molecular complexity index is 853. The first-order valence-corrected chi connectivity index (χ1v) is 11.3. The van der Waals surface area contributed by atoms with Crippen LogP contribution in [0.2, 0.25) is 5.02 Å². The van der Waals surface area contributed by atoms with Crippen LogP contribution in [0.1, 0.15) is 39.0 Å². The van der Waals surface area contributed by atoms with E-state index in [9.17, 15) is 12.8 Å². The van der Waals surface area contributed by atoms with Gasteiger partial charge in [0.15, 0.2) is 5.13 Å². The molecule has 2 N–H and O–H groups in total. The Kier molecular flexibility index (Phi) is 6.04. The molecule has 0 spiro atoms. The summed E-state index contributed by atoms with van der Waals surface area (Å²) in [6.07, 6.45) is 7.41. The Morgan fingerprint density at radius 1 is 1.31 bits per heavy atom. The predicted octanol–water partition coefficient (Wildman–Crippen LogP) is 5.12. The summed E-state index contributed by atoms with van der Waals surface area (Å²) in [6, 6.07) is 2.43. The number of anilines is 2. The molecule has 26 heavy (non-hydrogen) atoms. The lowest BCUT2D eigenvalue weighted by molar-refractivity contribution is 0.328. The first-order valence-electron chi connectivity index (χ1n) is 8.55. The fourth-order valence-corrected chi connectivity index (χ4v) is 5.44. The standard InChI is InChI=1S/C17H21ClFN3O2S2/c1-11(12-5-3-2-4-6-12)21-15-10-14(19)16(9-13(15)18)26(23,24)22-17-20-7-8-25-17/h7-12,21H,2-6H2,1H3,(H,20,22)/t11-/m0/s1. The van der Waals surface area contributed by atoms with Gasteiger partial charge in [-0.1, -0.05) is 30.9 Å². The van der Waals surface area contributed by atoms with Crippen LogP contribution in [0.25, 0.3) is 0 Å². The summed E-state index contributed by atoms with van der Waals surface area (Å²) in [7, 11) is -4.09. The number of benzene rings is 1. The minimum atomic E-state index is -4.09. The maximum Gasteiger partial charge on any atom is 0.266 e. The predicted molar refractivity (Wildman–Crippen MR) is 104 cm³/mol. The van der Waals surface area contributed by atoms with E-state index in [0.29, 0.717) is 11.6 Å². The van der Waals surface area contributed by atoms with Crippen LogP contribution in [-0.2, 0) is 10.0 Å². The number of rotatable bonds is 6. The van der Waals surface area contributed by atoms with Gasteiger partial charge in [0.1, 0.15) is 10.7 Å². The van der Waals surface area contributed by atoms with Crippen molar-refractivity contribution in [1.29, 1.82) is 0 Å². The molecule has 0 bridgehead atoms. The summed E-state index contributed by atoms with van der Waals surface area (Å²) in [6.45, 7) is 2.05.